The van der Waals surface area contributed by atoms with Crippen LogP contribution in [0.2, 0.25) is 0 Å². The maximum Gasteiger partial charge on any atom is 0.148 e. The highest BCUT2D eigenvalue weighted by molar-refractivity contribution is 5.83. The van der Waals surface area contributed by atoms with Crippen LogP contribution in [0.1, 0.15) is 25.3 Å². The van der Waals surface area contributed by atoms with E-state index in [1.807, 2.05) is 37.4 Å². The lowest BCUT2D eigenvalue weighted by molar-refractivity contribution is 0.161. The fourth-order valence-electron chi connectivity index (χ4n) is 2.22. The number of aromatic nitrogens is 1. The van der Waals surface area contributed by atoms with Gasteiger partial charge in [-0.25, -0.2) is 4.39 Å². The van der Waals surface area contributed by atoms with Gasteiger partial charge in [-0.3, -0.25) is 0 Å². The maximum absolute atomic E-state index is 14.7. The van der Waals surface area contributed by atoms with Gasteiger partial charge in [0.1, 0.15) is 5.67 Å². The van der Waals surface area contributed by atoms with Crippen LogP contribution in [0, 0.1) is 0 Å². The molecule has 3 N–H and O–H groups in total. The first kappa shape index (κ1) is 11.1. The molecule has 86 valence electrons. The minimum Gasteiger partial charge on any atom is -0.361 e. The van der Waals surface area contributed by atoms with Crippen LogP contribution < -0.4 is 5.73 Å². The van der Waals surface area contributed by atoms with Gasteiger partial charge in [-0.15, -0.1) is 0 Å². The van der Waals surface area contributed by atoms with Crippen LogP contribution in [-0.2, 0) is 5.67 Å². The first-order valence-electron chi connectivity index (χ1n) is 5.67. The highest BCUT2D eigenvalue weighted by Crippen LogP contribution is 2.34. The molecular weight excluding hydrogens is 203 g/mol. The highest BCUT2D eigenvalue weighted by Gasteiger charge is 2.30. The summed E-state index contributed by atoms with van der Waals surface area (Å²) in [4.78, 5) is 3.09. The van der Waals surface area contributed by atoms with Gasteiger partial charge < -0.3 is 10.7 Å². The number of nitrogens with two attached hydrogens (primary N) is 1. The molecule has 0 fully saturated rings. The Morgan fingerprint density at radius 3 is 2.88 bits per heavy atom. The Balaban J connectivity index is 2.56. The summed E-state index contributed by atoms with van der Waals surface area (Å²) < 4.78 is 14.7. The fourth-order valence-corrected chi connectivity index (χ4v) is 2.22. The molecule has 0 saturated carbocycles. The molecule has 2 nitrogen and oxygen atoms in total. The van der Waals surface area contributed by atoms with Crippen molar-refractivity contribution in [2.45, 2.75) is 25.4 Å². The Labute approximate surface area is 94.7 Å². The van der Waals surface area contributed by atoms with E-state index in [2.05, 4.69) is 4.98 Å². The Morgan fingerprint density at radius 1 is 1.38 bits per heavy atom. The van der Waals surface area contributed by atoms with Gasteiger partial charge in [0.2, 0.25) is 0 Å². The third-order valence-electron chi connectivity index (χ3n) is 3.05. The Morgan fingerprint density at radius 2 is 2.19 bits per heavy atom. The molecule has 0 saturated heterocycles. The zero-order valence-corrected chi connectivity index (χ0v) is 9.46. The number of H-pyrrole nitrogens is 1. The van der Waals surface area contributed by atoms with Crippen molar-refractivity contribution in [3.63, 3.8) is 0 Å². The topological polar surface area (TPSA) is 41.8 Å². The molecule has 2 rings (SSSR count). The first-order valence-corrected chi connectivity index (χ1v) is 5.67. The van der Waals surface area contributed by atoms with Crippen molar-refractivity contribution in [3.05, 3.63) is 36.0 Å². The SMILES string of the molecule is CCCC(F)(CN)c1cccc2[nH]ccc12. The molecule has 1 aromatic carbocycles. The molecule has 1 atom stereocenters. The summed E-state index contributed by atoms with van der Waals surface area (Å²) in [7, 11) is 0. The molecule has 1 heterocycles. The number of nitrogens with one attached hydrogen (secondary N) is 1. The molecular formula is C13H17FN2. The quantitative estimate of drug-likeness (QED) is 0.816. The van der Waals surface area contributed by atoms with Crippen LogP contribution in [0.3, 0.4) is 0 Å². The summed E-state index contributed by atoms with van der Waals surface area (Å²) in [5.41, 5.74) is 5.86. The predicted molar refractivity (Wildman–Crippen MR) is 65.0 cm³/mol. The van der Waals surface area contributed by atoms with Crippen LogP contribution in [0.5, 0.6) is 0 Å². The number of hydrogen-bond acceptors (Lipinski definition) is 1. The van der Waals surface area contributed by atoms with E-state index in [1.54, 1.807) is 0 Å². The molecule has 0 radical (unpaired) electrons. The third-order valence-corrected chi connectivity index (χ3v) is 3.05. The zero-order chi connectivity index (χ0) is 11.6. The number of rotatable bonds is 4. The van der Waals surface area contributed by atoms with E-state index in [9.17, 15) is 4.39 Å². The lowest BCUT2D eigenvalue weighted by Gasteiger charge is -2.24. The van der Waals surface area contributed by atoms with Crippen LogP contribution in [0.4, 0.5) is 4.39 Å². The molecule has 2 aromatic rings. The van der Waals surface area contributed by atoms with E-state index >= 15 is 0 Å². The van der Waals surface area contributed by atoms with Gasteiger partial charge in [-0.05, 0) is 24.1 Å². The van der Waals surface area contributed by atoms with E-state index in [-0.39, 0.29) is 6.54 Å². The zero-order valence-electron chi connectivity index (χ0n) is 9.46. The van der Waals surface area contributed by atoms with Gasteiger partial charge in [0.05, 0.1) is 0 Å². The molecule has 0 spiro atoms. The minimum atomic E-state index is -1.41. The summed E-state index contributed by atoms with van der Waals surface area (Å²) in [5, 5.41) is 0.934. The molecule has 0 bridgehead atoms. The van der Waals surface area contributed by atoms with Crippen LogP contribution >= 0.6 is 0 Å². The first-order chi connectivity index (χ1) is 7.71. The second-order valence-electron chi connectivity index (χ2n) is 4.16. The molecule has 3 heteroatoms. The molecule has 1 unspecified atom stereocenters. The summed E-state index contributed by atoms with van der Waals surface area (Å²) in [6, 6.07) is 7.55. The normalized spacial score (nSPS) is 15.2. The number of halogens is 1. The van der Waals surface area contributed by atoms with E-state index in [0.29, 0.717) is 12.0 Å². The molecule has 16 heavy (non-hydrogen) atoms. The third kappa shape index (κ3) is 1.71. The van der Waals surface area contributed by atoms with Crippen LogP contribution in [0.15, 0.2) is 30.5 Å². The van der Waals surface area contributed by atoms with E-state index in [0.717, 1.165) is 17.3 Å². The number of hydrogen-bond donors (Lipinski definition) is 2. The van der Waals surface area contributed by atoms with Gasteiger partial charge in [-0.1, -0.05) is 25.5 Å². The standard InChI is InChI=1S/C13H17FN2/c1-2-7-13(14,9-15)11-4-3-5-12-10(11)6-8-16-12/h3-6,8,16H,2,7,9,15H2,1H3. The van der Waals surface area contributed by atoms with Crippen molar-refractivity contribution in [1.82, 2.24) is 4.98 Å². The summed E-state index contributed by atoms with van der Waals surface area (Å²) in [6.07, 6.45) is 3.08. The summed E-state index contributed by atoms with van der Waals surface area (Å²) in [6.45, 7) is 2.01. The monoisotopic (exact) mass is 220 g/mol. The average molecular weight is 220 g/mol. The number of benzene rings is 1. The fraction of sp³-hybridized carbons (Fsp3) is 0.385. The van der Waals surface area contributed by atoms with Crippen molar-refractivity contribution in [1.29, 1.82) is 0 Å². The predicted octanol–water partition coefficient (Wildman–Crippen LogP) is 3.09. The van der Waals surface area contributed by atoms with Crippen molar-refractivity contribution in [3.8, 4) is 0 Å². The lowest BCUT2D eigenvalue weighted by atomic mass is 9.89. The minimum absolute atomic E-state index is 0.0329. The van der Waals surface area contributed by atoms with E-state index < -0.39 is 5.67 Å². The second kappa shape index (κ2) is 4.26. The lowest BCUT2D eigenvalue weighted by Crippen LogP contribution is -2.30. The summed E-state index contributed by atoms with van der Waals surface area (Å²) in [5.74, 6) is 0. The van der Waals surface area contributed by atoms with Gasteiger partial charge >= 0.3 is 0 Å². The smallest absolute Gasteiger partial charge is 0.148 e. The molecule has 0 aliphatic heterocycles. The van der Waals surface area contributed by atoms with Crippen LogP contribution in [-0.4, -0.2) is 11.5 Å². The van der Waals surface area contributed by atoms with Crippen LogP contribution in [0.25, 0.3) is 10.9 Å². The summed E-state index contributed by atoms with van der Waals surface area (Å²) >= 11 is 0. The second-order valence-corrected chi connectivity index (χ2v) is 4.16. The van der Waals surface area contributed by atoms with Crippen molar-refractivity contribution in [2.24, 2.45) is 5.73 Å². The Hall–Kier alpha value is -1.35. The van der Waals surface area contributed by atoms with E-state index in [4.69, 9.17) is 5.73 Å². The highest BCUT2D eigenvalue weighted by atomic mass is 19.1. The number of alkyl halides is 1. The molecule has 0 amide bonds. The Bertz CT molecular complexity index is 477. The van der Waals surface area contributed by atoms with E-state index in [1.165, 1.54) is 0 Å². The average Bonchev–Trinajstić information content (AvgIpc) is 2.76. The maximum atomic E-state index is 14.7. The Kier molecular flexibility index (Phi) is 2.97. The largest absolute Gasteiger partial charge is 0.361 e. The number of aromatic amines is 1. The van der Waals surface area contributed by atoms with Gasteiger partial charge in [-0.2, -0.15) is 0 Å². The molecule has 0 aliphatic rings. The molecule has 0 aliphatic carbocycles. The van der Waals surface area contributed by atoms with Crippen molar-refractivity contribution < 1.29 is 4.39 Å². The van der Waals surface area contributed by atoms with Gasteiger partial charge in [0.25, 0.3) is 0 Å². The van der Waals surface area contributed by atoms with Crippen molar-refractivity contribution >= 4 is 10.9 Å². The molecule has 1 aromatic heterocycles. The van der Waals surface area contributed by atoms with Crippen molar-refractivity contribution in [2.75, 3.05) is 6.54 Å². The number of fused-ring (bicyclic) bond motifs is 1. The van der Waals surface area contributed by atoms with Gasteiger partial charge in [0, 0.05) is 23.6 Å². The van der Waals surface area contributed by atoms with Gasteiger partial charge in [0.15, 0.2) is 0 Å².